The number of carbonyl (C=O) groups is 3. The van der Waals surface area contributed by atoms with Crippen molar-refractivity contribution in [3.63, 3.8) is 0 Å². The van der Waals surface area contributed by atoms with Gasteiger partial charge in [0.2, 0.25) is 0 Å². The predicted octanol–water partition coefficient (Wildman–Crippen LogP) is 6.27. The lowest BCUT2D eigenvalue weighted by atomic mass is 10.1. The second kappa shape index (κ2) is 9.25. The quantitative estimate of drug-likeness (QED) is 0.261. The molecule has 0 unspecified atom stereocenters. The number of carbonyl (C=O) groups excluding carboxylic acids is 3. The molecule has 3 heterocycles. The summed E-state index contributed by atoms with van der Waals surface area (Å²) in [5, 5.41) is 3.86. The van der Waals surface area contributed by atoms with E-state index in [-0.39, 0.29) is 23.9 Å². The molecule has 6 nitrogen and oxygen atoms in total. The van der Waals surface area contributed by atoms with Crippen molar-refractivity contribution < 1.29 is 19.1 Å². The summed E-state index contributed by atoms with van der Waals surface area (Å²) in [5.41, 5.74) is 2.56. The van der Waals surface area contributed by atoms with Crippen LogP contribution in [0.2, 0.25) is 0 Å². The van der Waals surface area contributed by atoms with Gasteiger partial charge in [-0.1, -0.05) is 18.2 Å². The smallest absolute Gasteiger partial charge is 0.341 e. The highest BCUT2D eigenvalue weighted by molar-refractivity contribution is 7.18. The van der Waals surface area contributed by atoms with Crippen LogP contribution in [0, 0.1) is 13.8 Å². The van der Waals surface area contributed by atoms with Crippen molar-refractivity contribution >= 4 is 56.2 Å². The van der Waals surface area contributed by atoms with E-state index in [0.29, 0.717) is 37.6 Å². The molecule has 33 heavy (non-hydrogen) atoms. The molecule has 0 saturated carbocycles. The van der Waals surface area contributed by atoms with Gasteiger partial charge in [-0.25, -0.2) is 9.78 Å². The highest BCUT2D eigenvalue weighted by atomic mass is 32.1. The molecule has 4 rings (SSSR count). The van der Waals surface area contributed by atoms with Gasteiger partial charge in [0.05, 0.1) is 38.7 Å². The van der Waals surface area contributed by atoms with E-state index in [9.17, 15) is 14.4 Å². The number of benzene rings is 1. The first kappa shape index (κ1) is 22.8. The second-order valence-corrected chi connectivity index (χ2v) is 9.78. The van der Waals surface area contributed by atoms with Gasteiger partial charge < -0.3 is 10.1 Å². The molecule has 4 aromatic rings. The minimum Gasteiger partial charge on any atom is -0.462 e. The summed E-state index contributed by atoms with van der Waals surface area (Å²) >= 11 is 2.69. The molecular weight excluding hydrogens is 456 g/mol. The number of rotatable bonds is 6. The molecule has 3 aromatic heterocycles. The van der Waals surface area contributed by atoms with Crippen molar-refractivity contribution in [3.8, 4) is 10.6 Å². The molecule has 0 aliphatic carbocycles. The Balaban J connectivity index is 1.81. The molecule has 1 N–H and O–H groups in total. The molecule has 168 valence electrons. The predicted molar refractivity (Wildman–Crippen MR) is 133 cm³/mol. The average molecular weight is 479 g/mol. The average Bonchev–Trinajstić information content (AvgIpc) is 3.36. The maximum Gasteiger partial charge on any atom is 0.341 e. The minimum absolute atomic E-state index is 0.173. The third kappa shape index (κ3) is 4.44. The first-order valence-electron chi connectivity index (χ1n) is 10.4. The van der Waals surface area contributed by atoms with Gasteiger partial charge in [-0.3, -0.25) is 9.59 Å². The lowest BCUT2D eigenvalue weighted by Crippen LogP contribution is -2.15. The van der Waals surface area contributed by atoms with Gasteiger partial charge in [-0.15, -0.1) is 22.7 Å². The number of nitrogens with one attached hydrogen (secondary N) is 1. The monoisotopic (exact) mass is 478 g/mol. The summed E-state index contributed by atoms with van der Waals surface area (Å²) in [6, 6.07) is 13.2. The molecule has 1 amide bonds. The molecule has 0 fully saturated rings. The number of ketones is 1. The summed E-state index contributed by atoms with van der Waals surface area (Å²) < 4.78 is 5.18. The van der Waals surface area contributed by atoms with E-state index in [4.69, 9.17) is 9.72 Å². The first-order valence-corrected chi connectivity index (χ1v) is 12.0. The third-order valence-corrected chi connectivity index (χ3v) is 7.46. The van der Waals surface area contributed by atoms with E-state index in [1.807, 2.05) is 43.3 Å². The van der Waals surface area contributed by atoms with Gasteiger partial charge in [0.25, 0.3) is 5.91 Å². The Kier molecular flexibility index (Phi) is 6.40. The Labute approximate surface area is 199 Å². The van der Waals surface area contributed by atoms with E-state index in [1.54, 1.807) is 31.3 Å². The fourth-order valence-corrected chi connectivity index (χ4v) is 5.53. The van der Waals surface area contributed by atoms with Gasteiger partial charge in [0.15, 0.2) is 5.78 Å². The number of para-hydroxylation sites is 1. The fraction of sp³-hybridized carbons (Fsp3) is 0.200. The lowest BCUT2D eigenvalue weighted by molar-refractivity contribution is 0.0527. The number of hydrogen-bond donors (Lipinski definition) is 1. The Morgan fingerprint density at radius 1 is 1.06 bits per heavy atom. The fourth-order valence-electron chi connectivity index (χ4n) is 3.62. The zero-order valence-corrected chi connectivity index (χ0v) is 20.3. The number of aryl methyl sites for hydroxylation is 1. The largest absolute Gasteiger partial charge is 0.462 e. The highest BCUT2D eigenvalue weighted by Crippen LogP contribution is 2.35. The van der Waals surface area contributed by atoms with Gasteiger partial charge in [0, 0.05) is 10.3 Å². The number of fused-ring (bicyclic) bond motifs is 1. The maximum absolute atomic E-state index is 13.5. The number of thiophene rings is 2. The molecule has 8 heteroatoms. The van der Waals surface area contributed by atoms with E-state index in [0.717, 1.165) is 21.1 Å². The molecule has 0 aliphatic rings. The van der Waals surface area contributed by atoms with Crippen LogP contribution in [0.3, 0.4) is 0 Å². The van der Waals surface area contributed by atoms with Crippen LogP contribution >= 0.6 is 22.7 Å². The summed E-state index contributed by atoms with van der Waals surface area (Å²) in [7, 11) is 0. The van der Waals surface area contributed by atoms with Gasteiger partial charge in [0.1, 0.15) is 5.00 Å². The van der Waals surface area contributed by atoms with Crippen LogP contribution in [0.15, 0.2) is 42.5 Å². The number of aromatic nitrogens is 1. The Morgan fingerprint density at radius 2 is 1.82 bits per heavy atom. The van der Waals surface area contributed by atoms with Crippen LogP contribution in [-0.4, -0.2) is 29.3 Å². The number of amides is 1. The Morgan fingerprint density at radius 3 is 2.48 bits per heavy atom. The van der Waals surface area contributed by atoms with Crippen molar-refractivity contribution in [2.45, 2.75) is 27.7 Å². The summed E-state index contributed by atoms with van der Waals surface area (Å²) in [5.74, 6) is -1.12. The number of Topliss-reactive ketones (excluding diaryl/α,β-unsaturated/α-hetero) is 1. The normalized spacial score (nSPS) is 10.9. The topological polar surface area (TPSA) is 85.4 Å². The number of hydrogen-bond acceptors (Lipinski definition) is 7. The Hall–Kier alpha value is -3.36. The maximum atomic E-state index is 13.5. The van der Waals surface area contributed by atoms with E-state index < -0.39 is 5.97 Å². The molecule has 0 saturated heterocycles. The standard InChI is InChI=1S/C25H22N2O4S2/c1-5-31-25(30)21-14(3)22(15(4)28)33-24(21)27-23(29)17-12-19(20-11-10-13(2)32-20)26-18-9-7-6-8-16(17)18/h6-12H,5H2,1-4H3,(H,27,29). The number of ether oxygens (including phenoxy) is 1. The van der Waals surface area contributed by atoms with Crippen molar-refractivity contribution in [1.29, 1.82) is 0 Å². The van der Waals surface area contributed by atoms with Crippen LogP contribution < -0.4 is 5.32 Å². The summed E-state index contributed by atoms with van der Waals surface area (Å²) in [6.45, 7) is 7.04. The summed E-state index contributed by atoms with van der Waals surface area (Å²) in [4.78, 5) is 45.4. The van der Waals surface area contributed by atoms with Crippen LogP contribution in [0.5, 0.6) is 0 Å². The van der Waals surface area contributed by atoms with Crippen molar-refractivity contribution in [3.05, 3.63) is 68.9 Å². The van der Waals surface area contributed by atoms with E-state index in [1.165, 1.54) is 6.92 Å². The molecule has 0 radical (unpaired) electrons. The van der Waals surface area contributed by atoms with Crippen LogP contribution in [0.25, 0.3) is 21.5 Å². The zero-order valence-electron chi connectivity index (χ0n) is 18.6. The Bertz CT molecular complexity index is 1400. The van der Waals surface area contributed by atoms with E-state index >= 15 is 0 Å². The SMILES string of the molecule is CCOC(=O)c1c(NC(=O)c2cc(-c3ccc(C)s3)nc3ccccc23)sc(C(C)=O)c1C. The second-order valence-electron chi connectivity index (χ2n) is 7.47. The van der Waals surface area contributed by atoms with Crippen LogP contribution in [0.1, 0.15) is 54.7 Å². The number of esters is 1. The van der Waals surface area contributed by atoms with Gasteiger partial charge in [-0.2, -0.15) is 0 Å². The summed E-state index contributed by atoms with van der Waals surface area (Å²) in [6.07, 6.45) is 0. The van der Waals surface area contributed by atoms with Gasteiger partial charge >= 0.3 is 5.97 Å². The molecule has 1 aromatic carbocycles. The number of nitrogens with zero attached hydrogens (tertiary/aromatic N) is 1. The molecular formula is C25H22N2O4S2. The van der Waals surface area contributed by atoms with Crippen molar-refractivity contribution in [1.82, 2.24) is 4.98 Å². The molecule has 0 aliphatic heterocycles. The van der Waals surface area contributed by atoms with Crippen molar-refractivity contribution in [2.24, 2.45) is 0 Å². The highest BCUT2D eigenvalue weighted by Gasteiger charge is 2.26. The van der Waals surface area contributed by atoms with Crippen LogP contribution in [0.4, 0.5) is 5.00 Å². The third-order valence-electron chi connectivity index (χ3n) is 5.13. The number of anilines is 1. The zero-order chi connectivity index (χ0) is 23.7. The number of pyridine rings is 1. The van der Waals surface area contributed by atoms with Crippen LogP contribution in [-0.2, 0) is 4.74 Å². The minimum atomic E-state index is -0.566. The van der Waals surface area contributed by atoms with Gasteiger partial charge in [-0.05, 0) is 57.5 Å². The lowest BCUT2D eigenvalue weighted by Gasteiger charge is -2.10. The first-order chi connectivity index (χ1) is 15.8. The molecule has 0 bridgehead atoms. The molecule has 0 atom stereocenters. The molecule has 0 spiro atoms. The van der Waals surface area contributed by atoms with E-state index in [2.05, 4.69) is 5.32 Å². The van der Waals surface area contributed by atoms with Crippen molar-refractivity contribution in [2.75, 3.05) is 11.9 Å².